The van der Waals surface area contributed by atoms with Gasteiger partial charge in [-0.25, -0.2) is 4.39 Å². The van der Waals surface area contributed by atoms with Crippen LogP contribution >= 0.6 is 15.9 Å². The Labute approximate surface area is 111 Å². The minimum atomic E-state index is -0.310. The maximum absolute atomic E-state index is 13.5. The van der Waals surface area contributed by atoms with Gasteiger partial charge in [-0.15, -0.1) is 0 Å². The topological polar surface area (TPSA) is 12.5 Å². The lowest BCUT2D eigenvalue weighted by Crippen LogP contribution is -2.41. The molecule has 0 amide bonds. The molecule has 4 heteroatoms. The normalized spacial score (nSPS) is 11.9. The van der Waals surface area contributed by atoms with E-state index >= 15 is 0 Å². The molecule has 1 aromatic carbocycles. The van der Waals surface area contributed by atoms with Crippen LogP contribution in [0.15, 0.2) is 18.2 Å². The van der Waals surface area contributed by atoms with Crippen LogP contribution in [0.2, 0.25) is 0 Å². The molecule has 1 aromatic rings. The highest BCUT2D eigenvalue weighted by molar-refractivity contribution is 9.09. The van der Waals surface area contributed by atoms with Crippen molar-refractivity contribution in [2.75, 3.05) is 19.5 Å². The molecule has 0 spiro atoms. The molecular formula is C13H19BrFNO. The highest BCUT2D eigenvalue weighted by Crippen LogP contribution is 2.21. The van der Waals surface area contributed by atoms with Gasteiger partial charge in [-0.3, -0.25) is 4.90 Å². The van der Waals surface area contributed by atoms with Crippen LogP contribution < -0.4 is 4.74 Å². The summed E-state index contributed by atoms with van der Waals surface area (Å²) >= 11 is 3.49. The predicted molar refractivity (Wildman–Crippen MR) is 72.3 cm³/mol. The third-order valence-electron chi connectivity index (χ3n) is 3.00. The molecule has 0 saturated carbocycles. The van der Waals surface area contributed by atoms with E-state index in [0.717, 1.165) is 10.9 Å². The third-order valence-corrected chi connectivity index (χ3v) is 4.37. The van der Waals surface area contributed by atoms with Crippen LogP contribution in [0.1, 0.15) is 19.4 Å². The number of benzene rings is 1. The van der Waals surface area contributed by atoms with Gasteiger partial charge in [0.25, 0.3) is 0 Å². The first-order valence-electron chi connectivity index (χ1n) is 5.50. The molecule has 96 valence electrons. The maximum atomic E-state index is 13.5. The van der Waals surface area contributed by atoms with Crippen molar-refractivity contribution in [2.45, 2.75) is 25.9 Å². The van der Waals surface area contributed by atoms with E-state index in [-0.39, 0.29) is 17.1 Å². The van der Waals surface area contributed by atoms with Gasteiger partial charge in [0.15, 0.2) is 11.6 Å². The molecule has 0 unspecified atom stereocenters. The summed E-state index contributed by atoms with van der Waals surface area (Å²) in [5.41, 5.74) is 0.982. The van der Waals surface area contributed by atoms with Crippen molar-refractivity contribution in [3.63, 3.8) is 0 Å². The molecule has 0 aliphatic rings. The largest absolute Gasteiger partial charge is 0.494 e. The van der Waals surface area contributed by atoms with Crippen molar-refractivity contribution in [1.82, 2.24) is 4.90 Å². The number of methoxy groups -OCH3 is 1. The molecule has 0 radical (unpaired) electrons. The Morgan fingerprint density at radius 2 is 2.06 bits per heavy atom. The van der Waals surface area contributed by atoms with E-state index in [2.05, 4.69) is 34.7 Å². The minimum absolute atomic E-state index is 0.0381. The Bertz CT molecular complexity index is 382. The van der Waals surface area contributed by atoms with Crippen LogP contribution in [-0.2, 0) is 6.54 Å². The molecule has 1 rings (SSSR count). The second-order valence-corrected chi connectivity index (χ2v) is 5.33. The Hall–Kier alpha value is -0.610. The SMILES string of the molecule is COc1ccc(CN(C)C(C)(C)CBr)cc1F. The molecule has 0 aliphatic heterocycles. The summed E-state index contributed by atoms with van der Waals surface area (Å²) in [6.07, 6.45) is 0. The van der Waals surface area contributed by atoms with Crippen LogP contribution in [0.25, 0.3) is 0 Å². The number of alkyl halides is 1. The fourth-order valence-corrected chi connectivity index (χ4v) is 1.83. The van der Waals surface area contributed by atoms with Crippen LogP contribution in [0.5, 0.6) is 5.75 Å². The summed E-state index contributed by atoms with van der Waals surface area (Å²) in [6, 6.07) is 5.09. The quantitative estimate of drug-likeness (QED) is 0.773. The van der Waals surface area contributed by atoms with Gasteiger partial charge in [-0.1, -0.05) is 22.0 Å². The van der Waals surface area contributed by atoms with Crippen molar-refractivity contribution in [2.24, 2.45) is 0 Å². The Morgan fingerprint density at radius 3 is 2.53 bits per heavy atom. The van der Waals surface area contributed by atoms with Crippen molar-refractivity contribution in [3.05, 3.63) is 29.6 Å². The number of nitrogens with zero attached hydrogens (tertiary/aromatic N) is 1. The van der Waals surface area contributed by atoms with Crippen molar-refractivity contribution >= 4 is 15.9 Å². The van der Waals surface area contributed by atoms with E-state index in [1.165, 1.54) is 13.2 Å². The zero-order chi connectivity index (χ0) is 13.1. The number of hydrogen-bond acceptors (Lipinski definition) is 2. The first-order valence-corrected chi connectivity index (χ1v) is 6.62. The monoisotopic (exact) mass is 303 g/mol. The van der Waals surface area contributed by atoms with E-state index < -0.39 is 0 Å². The van der Waals surface area contributed by atoms with Crippen molar-refractivity contribution in [1.29, 1.82) is 0 Å². The summed E-state index contributed by atoms with van der Waals surface area (Å²) in [5.74, 6) is -0.0220. The van der Waals surface area contributed by atoms with Gasteiger partial charge >= 0.3 is 0 Å². The molecule has 0 bridgehead atoms. The average molecular weight is 304 g/mol. The highest BCUT2D eigenvalue weighted by Gasteiger charge is 2.22. The standard InChI is InChI=1S/C13H19BrFNO/c1-13(2,9-14)16(3)8-10-5-6-12(17-4)11(15)7-10/h5-7H,8-9H2,1-4H3. The summed E-state index contributed by atoms with van der Waals surface area (Å²) < 4.78 is 18.4. The van der Waals surface area contributed by atoms with Crippen LogP contribution in [0.4, 0.5) is 4.39 Å². The van der Waals surface area contributed by atoms with Crippen molar-refractivity contribution in [3.8, 4) is 5.75 Å². The zero-order valence-electron chi connectivity index (χ0n) is 10.8. The van der Waals surface area contributed by atoms with Gasteiger partial charge in [0.2, 0.25) is 0 Å². The Morgan fingerprint density at radius 1 is 1.41 bits per heavy atom. The Kier molecular flexibility index (Phi) is 4.95. The minimum Gasteiger partial charge on any atom is -0.494 e. The van der Waals surface area contributed by atoms with E-state index in [1.807, 2.05) is 13.1 Å². The number of halogens is 2. The smallest absolute Gasteiger partial charge is 0.165 e. The predicted octanol–water partition coefficient (Wildman–Crippen LogP) is 3.44. The lowest BCUT2D eigenvalue weighted by Gasteiger charge is -2.34. The molecule has 17 heavy (non-hydrogen) atoms. The van der Waals surface area contributed by atoms with Gasteiger partial charge in [-0.2, -0.15) is 0 Å². The van der Waals surface area contributed by atoms with Crippen LogP contribution in [0, 0.1) is 5.82 Å². The number of ether oxygens (including phenoxy) is 1. The summed E-state index contributed by atoms with van der Waals surface area (Å²) in [6.45, 7) is 4.99. The molecule has 0 fully saturated rings. The van der Waals surface area contributed by atoms with Gasteiger partial charge in [-0.05, 0) is 38.6 Å². The second-order valence-electron chi connectivity index (χ2n) is 4.77. The van der Waals surface area contributed by atoms with E-state index in [9.17, 15) is 4.39 Å². The summed E-state index contributed by atoms with van der Waals surface area (Å²) in [7, 11) is 3.50. The van der Waals surface area contributed by atoms with Gasteiger partial charge in [0.1, 0.15) is 0 Å². The molecular weight excluding hydrogens is 285 g/mol. The molecule has 0 atom stereocenters. The molecule has 0 aliphatic carbocycles. The Balaban J connectivity index is 2.79. The van der Waals surface area contributed by atoms with Gasteiger partial charge < -0.3 is 4.74 Å². The lowest BCUT2D eigenvalue weighted by atomic mass is 10.1. The molecule has 0 heterocycles. The van der Waals surface area contributed by atoms with E-state index in [4.69, 9.17) is 4.74 Å². The van der Waals surface area contributed by atoms with Crippen LogP contribution in [0.3, 0.4) is 0 Å². The number of hydrogen-bond donors (Lipinski definition) is 0. The van der Waals surface area contributed by atoms with Gasteiger partial charge in [0.05, 0.1) is 7.11 Å². The molecule has 2 nitrogen and oxygen atoms in total. The lowest BCUT2D eigenvalue weighted by molar-refractivity contribution is 0.173. The fourth-order valence-electron chi connectivity index (χ4n) is 1.40. The first-order chi connectivity index (χ1) is 7.90. The molecule has 0 N–H and O–H groups in total. The number of rotatable bonds is 5. The van der Waals surface area contributed by atoms with E-state index in [1.54, 1.807) is 6.07 Å². The summed E-state index contributed by atoms with van der Waals surface area (Å²) in [5, 5.41) is 0.870. The zero-order valence-corrected chi connectivity index (χ0v) is 12.3. The fraction of sp³-hybridized carbons (Fsp3) is 0.538. The molecule has 0 aromatic heterocycles. The molecule has 0 saturated heterocycles. The second kappa shape index (κ2) is 5.83. The summed E-state index contributed by atoms with van der Waals surface area (Å²) in [4.78, 5) is 2.18. The first kappa shape index (κ1) is 14.5. The highest BCUT2D eigenvalue weighted by atomic mass is 79.9. The average Bonchev–Trinajstić information content (AvgIpc) is 2.29. The third kappa shape index (κ3) is 3.68. The van der Waals surface area contributed by atoms with Crippen LogP contribution in [-0.4, -0.2) is 29.9 Å². The maximum Gasteiger partial charge on any atom is 0.165 e. The van der Waals surface area contributed by atoms with Crippen molar-refractivity contribution < 1.29 is 9.13 Å². The van der Waals surface area contributed by atoms with E-state index in [0.29, 0.717) is 6.54 Å². The van der Waals surface area contributed by atoms with Gasteiger partial charge in [0, 0.05) is 17.4 Å².